The lowest BCUT2D eigenvalue weighted by molar-refractivity contribution is -0.138. The van der Waals surface area contributed by atoms with Crippen molar-refractivity contribution in [1.29, 1.82) is 0 Å². The smallest absolute Gasteiger partial charge is 0.416 e. The molecule has 0 aromatic heterocycles. The van der Waals surface area contributed by atoms with E-state index >= 15 is 0 Å². The van der Waals surface area contributed by atoms with E-state index in [0.29, 0.717) is 38.0 Å². The summed E-state index contributed by atoms with van der Waals surface area (Å²) >= 11 is 0. The molecule has 0 radical (unpaired) electrons. The lowest BCUT2D eigenvalue weighted by Gasteiger charge is -2.21. The van der Waals surface area contributed by atoms with Crippen LogP contribution in [0.25, 0.3) is 0 Å². The number of nitrogens with zero attached hydrogens (tertiary/aromatic N) is 1. The maximum absolute atomic E-state index is 12.5. The Bertz CT molecular complexity index is 812. The predicted octanol–water partition coefficient (Wildman–Crippen LogP) is 4.50. The van der Waals surface area contributed by atoms with Gasteiger partial charge in [-0.25, -0.2) is 9.69 Å². The van der Waals surface area contributed by atoms with Crippen molar-refractivity contribution in [2.24, 2.45) is 11.8 Å². The first-order chi connectivity index (χ1) is 18.1. The number of benzene rings is 1. The van der Waals surface area contributed by atoms with Crippen molar-refractivity contribution in [3.63, 3.8) is 0 Å². The van der Waals surface area contributed by atoms with Crippen molar-refractivity contribution in [2.45, 2.75) is 77.4 Å². The third kappa shape index (κ3) is 12.8. The highest BCUT2D eigenvalue weighted by Crippen LogP contribution is 2.21. The van der Waals surface area contributed by atoms with E-state index < -0.39 is 12.1 Å². The maximum Gasteiger partial charge on any atom is 0.416 e. The molecule has 10 nitrogen and oxygen atoms in total. The summed E-state index contributed by atoms with van der Waals surface area (Å²) in [7, 11) is 6.36. The summed E-state index contributed by atoms with van der Waals surface area (Å²) < 4.78 is 25.5. The molecule has 2 amide bonds. The first kappa shape index (κ1) is 33.5. The summed E-state index contributed by atoms with van der Waals surface area (Å²) in [5, 5.41) is 8.45. The highest BCUT2D eigenvalue weighted by Gasteiger charge is 2.37. The summed E-state index contributed by atoms with van der Waals surface area (Å²) in [6, 6.07) is 9.58. The SMILES string of the molecule is COC(CC(C)CCC(=O)N1C(=O)OC[C@@H]1Cc1ccccc1)OC.COC(CC(C)CCC(=O)O)OC. The van der Waals surface area contributed by atoms with Gasteiger partial charge >= 0.3 is 12.1 Å². The molecule has 1 fully saturated rings. The van der Waals surface area contributed by atoms with Gasteiger partial charge in [-0.15, -0.1) is 0 Å². The fraction of sp³-hybridized carbons (Fsp3) is 0.679. The van der Waals surface area contributed by atoms with E-state index in [1.807, 2.05) is 44.2 Å². The Morgan fingerprint density at radius 1 is 0.921 bits per heavy atom. The van der Waals surface area contributed by atoms with Gasteiger partial charge in [-0.2, -0.15) is 0 Å². The number of cyclic esters (lactones) is 1. The van der Waals surface area contributed by atoms with Gasteiger partial charge in [0.25, 0.3) is 0 Å². The number of rotatable bonds is 16. The number of amides is 2. The standard InChI is InChI=1S/C19H27NO5.C9H18O4/c1-14(11-18(23-2)24-3)9-10-17(21)20-16(13-25-19(20)22)12-15-7-5-4-6-8-15;1-7(4-5-8(10)11)6-9(12-2)13-3/h4-8,14,16,18H,9-13H2,1-3H3;7,9H,4-6H2,1-3H3,(H,10,11)/t14?,16-;/m0./s1. The highest BCUT2D eigenvalue weighted by atomic mass is 16.7. The van der Waals surface area contributed by atoms with Crippen LogP contribution in [-0.4, -0.2) is 81.6 Å². The minimum absolute atomic E-state index is 0.179. The quantitative estimate of drug-likeness (QED) is 0.303. The number of carbonyl (C=O) groups excluding carboxylic acids is 2. The van der Waals surface area contributed by atoms with E-state index in [2.05, 4.69) is 0 Å². The summed E-state index contributed by atoms with van der Waals surface area (Å²) in [5.74, 6) is -0.374. The van der Waals surface area contributed by atoms with Crippen molar-refractivity contribution >= 4 is 18.0 Å². The molecule has 1 aromatic carbocycles. The Hall–Kier alpha value is -2.53. The van der Waals surface area contributed by atoms with Crippen LogP contribution in [0.2, 0.25) is 0 Å². The van der Waals surface area contributed by atoms with Crippen LogP contribution in [0.5, 0.6) is 0 Å². The molecule has 0 spiro atoms. The van der Waals surface area contributed by atoms with Crippen molar-refractivity contribution in [1.82, 2.24) is 4.90 Å². The van der Waals surface area contributed by atoms with E-state index in [1.165, 1.54) is 4.90 Å². The van der Waals surface area contributed by atoms with Crippen molar-refractivity contribution in [3.05, 3.63) is 35.9 Å². The first-order valence-electron chi connectivity index (χ1n) is 13.0. The molecule has 2 rings (SSSR count). The zero-order valence-corrected chi connectivity index (χ0v) is 23.6. The maximum atomic E-state index is 12.5. The Kier molecular flexibility index (Phi) is 16.5. The van der Waals surface area contributed by atoms with Crippen molar-refractivity contribution in [2.75, 3.05) is 35.0 Å². The Balaban J connectivity index is 0.000000471. The summed E-state index contributed by atoms with van der Waals surface area (Å²) in [6.07, 6.45) is 2.88. The van der Waals surface area contributed by atoms with Crippen LogP contribution in [0.3, 0.4) is 0 Å². The van der Waals surface area contributed by atoms with Gasteiger partial charge in [0.2, 0.25) is 5.91 Å². The zero-order chi connectivity index (χ0) is 28.5. The van der Waals surface area contributed by atoms with Crippen LogP contribution in [0.1, 0.15) is 57.9 Å². The summed E-state index contributed by atoms with van der Waals surface area (Å²) in [4.78, 5) is 36.1. The number of carbonyl (C=O) groups is 3. The van der Waals surface area contributed by atoms with Gasteiger partial charge < -0.3 is 28.8 Å². The molecule has 10 heteroatoms. The average Bonchev–Trinajstić information content (AvgIpc) is 3.28. The van der Waals surface area contributed by atoms with Crippen molar-refractivity contribution < 1.29 is 43.2 Å². The van der Waals surface area contributed by atoms with Gasteiger partial charge in [0.05, 0.1) is 6.04 Å². The van der Waals surface area contributed by atoms with Crippen LogP contribution < -0.4 is 0 Å². The molecular weight excluding hydrogens is 494 g/mol. The Morgan fingerprint density at radius 3 is 1.89 bits per heavy atom. The fourth-order valence-corrected chi connectivity index (χ4v) is 4.13. The van der Waals surface area contributed by atoms with E-state index in [1.54, 1.807) is 28.4 Å². The zero-order valence-electron chi connectivity index (χ0n) is 23.6. The van der Waals surface area contributed by atoms with E-state index in [4.69, 9.17) is 28.8 Å². The van der Waals surface area contributed by atoms with Crippen LogP contribution >= 0.6 is 0 Å². The van der Waals surface area contributed by atoms with E-state index in [-0.39, 0.29) is 43.5 Å². The largest absolute Gasteiger partial charge is 0.481 e. The molecule has 216 valence electrons. The molecule has 1 heterocycles. The normalized spacial score (nSPS) is 16.7. The number of ether oxygens (including phenoxy) is 5. The monoisotopic (exact) mass is 539 g/mol. The van der Waals surface area contributed by atoms with Crippen LogP contribution in [-0.2, 0) is 39.7 Å². The van der Waals surface area contributed by atoms with E-state index in [9.17, 15) is 14.4 Å². The van der Waals surface area contributed by atoms with Crippen LogP contribution in [0, 0.1) is 11.8 Å². The lowest BCUT2D eigenvalue weighted by Crippen LogP contribution is -2.40. The fourth-order valence-electron chi connectivity index (χ4n) is 4.13. The number of imide groups is 1. The number of aliphatic carboxylic acids is 1. The number of carboxylic acids is 1. The van der Waals surface area contributed by atoms with Crippen LogP contribution in [0.4, 0.5) is 4.79 Å². The molecule has 0 bridgehead atoms. The molecule has 38 heavy (non-hydrogen) atoms. The minimum atomic E-state index is -0.752. The van der Waals surface area contributed by atoms with Gasteiger partial charge in [-0.3, -0.25) is 9.59 Å². The average molecular weight is 540 g/mol. The van der Waals surface area contributed by atoms with Gasteiger partial charge in [0.1, 0.15) is 6.61 Å². The molecule has 3 atom stereocenters. The molecule has 1 aliphatic heterocycles. The summed E-state index contributed by atoms with van der Waals surface area (Å²) in [6.45, 7) is 4.29. The topological polar surface area (TPSA) is 121 Å². The van der Waals surface area contributed by atoms with Gasteiger partial charge in [0.15, 0.2) is 12.6 Å². The summed E-state index contributed by atoms with van der Waals surface area (Å²) in [5.41, 5.74) is 1.08. The second-order valence-electron chi connectivity index (χ2n) is 9.64. The van der Waals surface area contributed by atoms with Crippen LogP contribution in [0.15, 0.2) is 30.3 Å². The third-order valence-corrected chi connectivity index (χ3v) is 6.49. The Labute approximate surface area is 226 Å². The third-order valence-electron chi connectivity index (χ3n) is 6.49. The van der Waals surface area contributed by atoms with Gasteiger partial charge in [0, 0.05) is 54.1 Å². The van der Waals surface area contributed by atoms with Gasteiger partial charge in [-0.1, -0.05) is 44.2 Å². The molecule has 1 aromatic rings. The first-order valence-corrected chi connectivity index (χ1v) is 13.0. The molecule has 1 aliphatic rings. The van der Waals surface area contributed by atoms with Gasteiger partial charge in [-0.05, 0) is 36.7 Å². The van der Waals surface area contributed by atoms with Crippen molar-refractivity contribution in [3.8, 4) is 0 Å². The predicted molar refractivity (Wildman–Crippen MR) is 141 cm³/mol. The van der Waals surface area contributed by atoms with E-state index in [0.717, 1.165) is 12.0 Å². The number of carboxylic acid groups (broad SMARTS) is 1. The molecule has 1 saturated heterocycles. The second-order valence-corrected chi connectivity index (χ2v) is 9.64. The Morgan fingerprint density at radius 2 is 1.42 bits per heavy atom. The highest BCUT2D eigenvalue weighted by molar-refractivity contribution is 5.93. The number of methoxy groups -OCH3 is 4. The minimum Gasteiger partial charge on any atom is -0.481 e. The number of hydrogen-bond acceptors (Lipinski definition) is 8. The molecule has 1 N–H and O–H groups in total. The number of hydrogen-bond donors (Lipinski definition) is 1. The molecular formula is C28H45NO9. The lowest BCUT2D eigenvalue weighted by atomic mass is 10.00. The molecule has 0 aliphatic carbocycles. The molecule has 2 unspecified atom stereocenters. The second kappa shape index (κ2) is 18.7. The molecule has 0 saturated carbocycles.